The fraction of sp³-hybridized carbons (Fsp3) is 0.536. The van der Waals surface area contributed by atoms with Gasteiger partial charge in [0.25, 0.3) is 10.0 Å². The summed E-state index contributed by atoms with van der Waals surface area (Å²) < 4.78 is 44.2. The lowest BCUT2D eigenvalue weighted by Crippen LogP contribution is -2.51. The molecule has 10 nitrogen and oxygen atoms in total. The Morgan fingerprint density at radius 1 is 1.05 bits per heavy atom. The number of alkyl carbamates (subject to hydrolysis) is 1. The van der Waals surface area contributed by atoms with E-state index in [9.17, 15) is 18.3 Å². The average molecular weight is 563 g/mol. The molecule has 2 aromatic rings. The maximum atomic E-state index is 13.7. The minimum absolute atomic E-state index is 0.0134. The number of hydrogen-bond donors (Lipinski definition) is 2. The molecule has 3 atom stereocenters. The van der Waals surface area contributed by atoms with Crippen LogP contribution in [0.3, 0.4) is 0 Å². The van der Waals surface area contributed by atoms with Crippen molar-refractivity contribution in [2.45, 2.75) is 74.2 Å². The highest BCUT2D eigenvalue weighted by Gasteiger charge is 2.34. The number of rotatable bonds is 12. The van der Waals surface area contributed by atoms with Gasteiger partial charge in [-0.15, -0.1) is 0 Å². The van der Waals surface area contributed by atoms with Gasteiger partial charge in [0, 0.05) is 6.42 Å². The summed E-state index contributed by atoms with van der Waals surface area (Å²) in [6.07, 6.45) is 2.64. The predicted molar refractivity (Wildman–Crippen MR) is 144 cm³/mol. The molecule has 2 fully saturated rings. The standard InChI is InChI=1S/C28H38N2O8S/c1-35-22-12-14-25(15-13-22)39(33,34)30(38-23-10-6-3-7-11-23)19-27(31)26(18-21-8-4-2-5-9-21)29-28(32)37-24-16-17-36-20-24/h2,4-5,8-9,12-15,23-24,26-27,31H,3,6-7,10-11,16-20H2,1H3,(H,29,32)/t24-,26-,27+/m0/s1. The molecular formula is C28H38N2O8S. The van der Waals surface area contributed by atoms with Gasteiger partial charge in [-0.3, -0.25) is 4.84 Å². The normalized spacial score (nSPS) is 19.9. The third-order valence-electron chi connectivity index (χ3n) is 7.01. The van der Waals surface area contributed by atoms with Crippen molar-refractivity contribution in [3.05, 3.63) is 60.2 Å². The van der Waals surface area contributed by atoms with Crippen molar-refractivity contribution >= 4 is 16.1 Å². The molecule has 1 saturated heterocycles. The van der Waals surface area contributed by atoms with Crippen LogP contribution in [-0.4, -0.2) is 75.3 Å². The van der Waals surface area contributed by atoms with Gasteiger partial charge in [-0.1, -0.05) is 54.1 Å². The molecule has 2 aliphatic rings. The highest BCUT2D eigenvalue weighted by molar-refractivity contribution is 7.89. The quantitative estimate of drug-likeness (QED) is 0.377. The van der Waals surface area contributed by atoms with Gasteiger partial charge in [0.1, 0.15) is 11.9 Å². The van der Waals surface area contributed by atoms with Crippen LogP contribution in [-0.2, 0) is 30.8 Å². The summed E-state index contributed by atoms with van der Waals surface area (Å²) in [6, 6.07) is 14.5. The van der Waals surface area contributed by atoms with Crippen LogP contribution < -0.4 is 10.1 Å². The van der Waals surface area contributed by atoms with Gasteiger partial charge in [-0.05, 0) is 49.1 Å². The van der Waals surface area contributed by atoms with E-state index in [2.05, 4.69) is 5.32 Å². The molecule has 1 aliphatic carbocycles. The fourth-order valence-corrected chi connectivity index (χ4v) is 6.07. The first-order valence-corrected chi connectivity index (χ1v) is 14.9. The Hall–Kier alpha value is -2.70. The molecule has 2 aromatic carbocycles. The SMILES string of the molecule is COc1ccc(S(=O)(=O)N(C[C@@H](O)[C@H](Cc2ccccc2)NC(=O)O[C@H]2CCOC2)OC2CCCCC2)cc1. The lowest BCUT2D eigenvalue weighted by Gasteiger charge is -2.32. The number of sulfonamides is 1. The van der Waals surface area contributed by atoms with Crippen LogP contribution in [0.2, 0.25) is 0 Å². The summed E-state index contributed by atoms with van der Waals surface area (Å²) >= 11 is 0. The molecule has 1 heterocycles. The highest BCUT2D eigenvalue weighted by atomic mass is 32.2. The van der Waals surface area contributed by atoms with E-state index in [1.807, 2.05) is 30.3 Å². The number of hydrogen-bond acceptors (Lipinski definition) is 8. The molecule has 1 aliphatic heterocycles. The lowest BCUT2D eigenvalue weighted by atomic mass is 9.98. The number of amides is 1. The Labute approximate surface area is 230 Å². The zero-order valence-corrected chi connectivity index (χ0v) is 23.1. The number of benzene rings is 2. The molecule has 214 valence electrons. The van der Waals surface area contributed by atoms with Gasteiger partial charge in [0.2, 0.25) is 0 Å². The molecule has 0 spiro atoms. The Morgan fingerprint density at radius 2 is 1.77 bits per heavy atom. The Morgan fingerprint density at radius 3 is 2.41 bits per heavy atom. The number of carbonyl (C=O) groups is 1. The van der Waals surface area contributed by atoms with E-state index < -0.39 is 28.3 Å². The van der Waals surface area contributed by atoms with E-state index in [1.54, 1.807) is 12.1 Å². The molecule has 0 unspecified atom stereocenters. The Bertz CT molecular complexity index is 1130. The van der Waals surface area contributed by atoms with Crippen LogP contribution in [0.1, 0.15) is 44.1 Å². The number of carbonyl (C=O) groups excluding carboxylic acids is 1. The van der Waals surface area contributed by atoms with Crippen LogP contribution in [0.25, 0.3) is 0 Å². The molecule has 0 aromatic heterocycles. The first kappa shape index (κ1) is 29.3. The number of methoxy groups -OCH3 is 1. The molecule has 39 heavy (non-hydrogen) atoms. The van der Waals surface area contributed by atoms with Crippen molar-refractivity contribution in [3.63, 3.8) is 0 Å². The first-order chi connectivity index (χ1) is 18.8. The van der Waals surface area contributed by atoms with E-state index in [1.165, 1.54) is 19.2 Å². The number of ether oxygens (including phenoxy) is 3. The minimum Gasteiger partial charge on any atom is -0.497 e. The number of hydroxylamine groups is 1. The largest absolute Gasteiger partial charge is 0.497 e. The minimum atomic E-state index is -4.14. The van der Waals surface area contributed by atoms with Gasteiger partial charge in [-0.2, -0.15) is 0 Å². The third-order valence-corrected chi connectivity index (χ3v) is 8.65. The van der Waals surface area contributed by atoms with E-state index >= 15 is 0 Å². The van der Waals surface area contributed by atoms with Crippen molar-refractivity contribution in [1.29, 1.82) is 0 Å². The molecular weight excluding hydrogens is 524 g/mol. The maximum Gasteiger partial charge on any atom is 0.407 e. The molecule has 1 amide bonds. The summed E-state index contributed by atoms with van der Waals surface area (Å²) in [4.78, 5) is 18.8. The second kappa shape index (κ2) is 14.1. The van der Waals surface area contributed by atoms with Crippen molar-refractivity contribution in [2.75, 3.05) is 26.9 Å². The summed E-state index contributed by atoms with van der Waals surface area (Å²) in [6.45, 7) is 0.461. The number of aliphatic hydroxyl groups is 1. The zero-order chi connectivity index (χ0) is 27.7. The van der Waals surface area contributed by atoms with Gasteiger partial charge in [0.15, 0.2) is 0 Å². The molecule has 0 radical (unpaired) electrons. The van der Waals surface area contributed by atoms with Crippen LogP contribution >= 0.6 is 0 Å². The van der Waals surface area contributed by atoms with E-state index in [4.69, 9.17) is 19.0 Å². The molecule has 2 N–H and O–H groups in total. The van der Waals surface area contributed by atoms with Gasteiger partial charge in [-0.25, -0.2) is 13.2 Å². The monoisotopic (exact) mass is 562 g/mol. The van der Waals surface area contributed by atoms with Crippen molar-refractivity contribution in [1.82, 2.24) is 9.79 Å². The fourth-order valence-electron chi connectivity index (χ4n) is 4.77. The predicted octanol–water partition coefficient (Wildman–Crippen LogP) is 3.44. The second-order valence-electron chi connectivity index (χ2n) is 9.93. The van der Waals surface area contributed by atoms with Gasteiger partial charge < -0.3 is 24.6 Å². The van der Waals surface area contributed by atoms with Gasteiger partial charge in [0.05, 0.1) is 50.0 Å². The van der Waals surface area contributed by atoms with E-state index in [-0.39, 0.29) is 30.1 Å². The van der Waals surface area contributed by atoms with Gasteiger partial charge >= 0.3 is 6.09 Å². The van der Waals surface area contributed by atoms with E-state index in [0.717, 1.165) is 42.1 Å². The molecule has 4 rings (SSSR count). The molecule has 11 heteroatoms. The first-order valence-electron chi connectivity index (χ1n) is 13.5. The van der Waals surface area contributed by atoms with Crippen molar-refractivity contribution < 1.29 is 37.4 Å². The van der Waals surface area contributed by atoms with Crippen LogP contribution in [0.15, 0.2) is 59.5 Å². The molecule has 0 bridgehead atoms. The number of aliphatic hydroxyl groups excluding tert-OH is 1. The van der Waals surface area contributed by atoms with Crippen molar-refractivity contribution in [2.24, 2.45) is 0 Å². The maximum absolute atomic E-state index is 13.7. The van der Waals surface area contributed by atoms with Crippen LogP contribution in [0, 0.1) is 0 Å². The number of nitrogens with one attached hydrogen (secondary N) is 1. The Kier molecular flexibility index (Phi) is 10.6. The second-order valence-corrected chi connectivity index (χ2v) is 11.8. The number of nitrogens with zero attached hydrogens (tertiary/aromatic N) is 1. The van der Waals surface area contributed by atoms with Crippen LogP contribution in [0.4, 0.5) is 4.79 Å². The Balaban J connectivity index is 1.55. The lowest BCUT2D eigenvalue weighted by molar-refractivity contribution is -0.156. The average Bonchev–Trinajstić information content (AvgIpc) is 3.46. The van der Waals surface area contributed by atoms with Crippen LogP contribution in [0.5, 0.6) is 5.75 Å². The summed E-state index contributed by atoms with van der Waals surface area (Å²) in [5, 5.41) is 14.1. The van der Waals surface area contributed by atoms with E-state index in [0.29, 0.717) is 25.4 Å². The summed E-state index contributed by atoms with van der Waals surface area (Å²) in [5.74, 6) is 0.520. The topological polar surface area (TPSA) is 124 Å². The zero-order valence-electron chi connectivity index (χ0n) is 22.2. The summed E-state index contributed by atoms with van der Waals surface area (Å²) in [7, 11) is -2.64. The highest BCUT2D eigenvalue weighted by Crippen LogP contribution is 2.26. The molecule has 1 saturated carbocycles. The third kappa shape index (κ3) is 8.39. The summed E-state index contributed by atoms with van der Waals surface area (Å²) in [5.41, 5.74) is 0.865. The van der Waals surface area contributed by atoms with Crippen molar-refractivity contribution in [3.8, 4) is 5.75 Å². The smallest absolute Gasteiger partial charge is 0.407 e.